The van der Waals surface area contributed by atoms with Gasteiger partial charge in [-0.25, -0.2) is 13.4 Å². The van der Waals surface area contributed by atoms with Gasteiger partial charge in [-0.1, -0.05) is 62.5 Å². The van der Waals surface area contributed by atoms with E-state index in [1.807, 2.05) is 12.3 Å². The van der Waals surface area contributed by atoms with Gasteiger partial charge in [0, 0.05) is 38.1 Å². The average Bonchev–Trinajstić information content (AvgIpc) is 3.62. The topological polar surface area (TPSA) is 116 Å². The van der Waals surface area contributed by atoms with Crippen LogP contribution in [0.3, 0.4) is 0 Å². The first-order valence-corrected chi connectivity index (χ1v) is 17.6. The fourth-order valence-electron chi connectivity index (χ4n) is 4.94. The summed E-state index contributed by atoms with van der Waals surface area (Å²) in [4.78, 5) is 19.9. The number of carbonyl (C=O) groups excluding carboxylic acids is 1. The number of hydrogen-bond acceptors (Lipinski definition) is 9. The highest BCUT2D eigenvalue weighted by Crippen LogP contribution is 2.34. The molecule has 2 aromatic rings. The highest BCUT2D eigenvalue weighted by atomic mass is 32.2. The van der Waals surface area contributed by atoms with E-state index in [-0.39, 0.29) is 11.5 Å². The van der Waals surface area contributed by atoms with Crippen LogP contribution in [0.15, 0.2) is 30.5 Å². The molecule has 1 N–H and O–H groups in total. The molecule has 6 rings (SSSR count). The fourth-order valence-corrected chi connectivity index (χ4v) is 7.11. The molecule has 1 aromatic carbocycles. The maximum Gasteiger partial charge on any atom is 0.379 e. The van der Waals surface area contributed by atoms with E-state index in [0.29, 0.717) is 19.5 Å². The van der Waals surface area contributed by atoms with Gasteiger partial charge in [-0.05, 0) is 36.5 Å². The minimum atomic E-state index is -3.67. The quantitative estimate of drug-likeness (QED) is 0.423. The second kappa shape index (κ2) is 17.6. The van der Waals surface area contributed by atoms with Crippen LogP contribution in [0.4, 0.5) is 24.0 Å². The SMILES string of the molecule is CC1CCCCC1.FC(F)F.N#CC1(NC=O)CC1.O=S1(=O)CCN(c2ccc(-c3cnc(N4CCOCC4)s3)cc2)CC1. The monoisotopic (exact) mass is 657 g/mol. The third kappa shape index (κ3) is 12.2. The van der Waals surface area contributed by atoms with Crippen LogP contribution in [-0.4, -0.2) is 82.9 Å². The molecular formula is C30H42F3N5O4S2. The molecule has 3 heterocycles. The Balaban J connectivity index is 0.000000225. The first-order valence-electron chi connectivity index (χ1n) is 15.0. The highest BCUT2D eigenvalue weighted by Gasteiger charge is 2.42. The smallest absolute Gasteiger partial charge is 0.378 e. The number of aromatic nitrogens is 1. The summed E-state index contributed by atoms with van der Waals surface area (Å²) in [5.74, 6) is 1.52. The van der Waals surface area contributed by atoms with Crippen LogP contribution < -0.4 is 15.1 Å². The summed E-state index contributed by atoms with van der Waals surface area (Å²) in [6.45, 7) is 3.14. The summed E-state index contributed by atoms with van der Waals surface area (Å²) in [6.07, 6.45) is 11.6. The molecule has 244 valence electrons. The molecule has 14 heteroatoms. The lowest BCUT2D eigenvalue weighted by molar-refractivity contribution is -0.110. The van der Waals surface area contributed by atoms with Gasteiger partial charge < -0.3 is 19.9 Å². The molecule has 4 aliphatic rings. The van der Waals surface area contributed by atoms with Gasteiger partial charge in [0.2, 0.25) is 6.41 Å². The van der Waals surface area contributed by atoms with Crippen molar-refractivity contribution in [3.05, 3.63) is 30.5 Å². The molecule has 1 amide bonds. The number of hydrogen-bond donors (Lipinski definition) is 1. The summed E-state index contributed by atoms with van der Waals surface area (Å²) < 4.78 is 57.5. The number of rotatable bonds is 5. The van der Waals surface area contributed by atoms with Crippen molar-refractivity contribution >= 4 is 38.4 Å². The van der Waals surface area contributed by atoms with E-state index >= 15 is 0 Å². The molecule has 2 aliphatic carbocycles. The fraction of sp³-hybridized carbons (Fsp3) is 0.633. The number of sulfone groups is 1. The Morgan fingerprint density at radius 3 is 2.09 bits per heavy atom. The van der Waals surface area contributed by atoms with Crippen LogP contribution >= 0.6 is 11.3 Å². The number of nitrogens with one attached hydrogen (secondary N) is 1. The van der Waals surface area contributed by atoms with Gasteiger partial charge in [0.15, 0.2) is 15.0 Å². The number of anilines is 2. The second-order valence-electron chi connectivity index (χ2n) is 11.2. The summed E-state index contributed by atoms with van der Waals surface area (Å²) in [5.41, 5.74) is 1.75. The Bertz CT molecular complexity index is 1270. The van der Waals surface area contributed by atoms with E-state index in [1.54, 1.807) is 11.3 Å². The van der Waals surface area contributed by atoms with E-state index in [1.165, 1.54) is 32.1 Å². The molecule has 0 radical (unpaired) electrons. The number of nitriles is 1. The summed E-state index contributed by atoms with van der Waals surface area (Å²) in [6, 6.07) is 10.3. The van der Waals surface area contributed by atoms with Gasteiger partial charge in [-0.3, -0.25) is 4.79 Å². The summed E-state index contributed by atoms with van der Waals surface area (Å²) in [5, 5.41) is 11.8. The Morgan fingerprint density at radius 1 is 1.05 bits per heavy atom. The molecule has 2 aliphatic heterocycles. The van der Waals surface area contributed by atoms with Crippen LogP contribution in [0.25, 0.3) is 10.4 Å². The number of morpholine rings is 1. The first kappa shape index (κ1) is 35.6. The first-order chi connectivity index (χ1) is 21.1. The standard InChI is InChI=1S/C17H21N3O3S2.C7H14.C5H6N2O.CHF3/c21-25(22)11-7-19(8-12-25)15-3-1-14(2-4-15)16-13-18-17(24-16)20-5-9-23-10-6-20;1-7-5-3-2-4-6-7;6-3-5(1-2-5)7-4-8;2-1(3)4/h1-4,13H,5-12H2;7H,2-6H2,1H3;4H,1-2H2,(H,7,8);1H. The molecular weight excluding hydrogens is 615 g/mol. The third-order valence-corrected chi connectivity index (χ3v) is 10.5. The predicted molar refractivity (Wildman–Crippen MR) is 168 cm³/mol. The van der Waals surface area contributed by atoms with Gasteiger partial charge in [0.05, 0.1) is 35.7 Å². The van der Waals surface area contributed by atoms with Crippen molar-refractivity contribution in [2.24, 2.45) is 5.92 Å². The largest absolute Gasteiger partial charge is 0.379 e. The number of nitrogens with zero attached hydrogens (tertiary/aromatic N) is 4. The minimum absolute atomic E-state index is 0.243. The lowest BCUT2D eigenvalue weighted by Crippen LogP contribution is -2.40. The number of ether oxygens (including phenoxy) is 1. The number of alkyl halides is 3. The number of benzene rings is 1. The number of halogens is 3. The Labute approximate surface area is 262 Å². The summed E-state index contributed by atoms with van der Waals surface area (Å²) in [7, 11) is -2.84. The molecule has 2 saturated carbocycles. The van der Waals surface area contributed by atoms with E-state index < -0.39 is 22.1 Å². The Hall–Kier alpha value is -2.89. The maximum atomic E-state index is 11.6. The second-order valence-corrected chi connectivity index (χ2v) is 14.6. The van der Waals surface area contributed by atoms with Crippen molar-refractivity contribution in [2.45, 2.75) is 64.1 Å². The van der Waals surface area contributed by atoms with Gasteiger partial charge in [-0.15, -0.1) is 0 Å². The van der Waals surface area contributed by atoms with Crippen molar-refractivity contribution in [1.29, 1.82) is 5.26 Å². The minimum Gasteiger partial charge on any atom is -0.378 e. The average molecular weight is 658 g/mol. The molecule has 9 nitrogen and oxygen atoms in total. The van der Waals surface area contributed by atoms with E-state index in [4.69, 9.17) is 10.00 Å². The van der Waals surface area contributed by atoms with Crippen molar-refractivity contribution in [3.8, 4) is 16.5 Å². The lowest BCUT2D eigenvalue weighted by Gasteiger charge is -2.28. The molecule has 0 spiro atoms. The zero-order valence-corrected chi connectivity index (χ0v) is 26.7. The van der Waals surface area contributed by atoms with Gasteiger partial charge >= 0.3 is 6.68 Å². The maximum absolute atomic E-state index is 11.6. The lowest BCUT2D eigenvalue weighted by atomic mass is 9.91. The van der Waals surface area contributed by atoms with Crippen molar-refractivity contribution in [1.82, 2.24) is 10.3 Å². The van der Waals surface area contributed by atoms with Crippen molar-refractivity contribution in [2.75, 3.05) is 60.7 Å². The van der Waals surface area contributed by atoms with Crippen molar-refractivity contribution in [3.63, 3.8) is 0 Å². The molecule has 2 saturated heterocycles. The normalized spacial score (nSPS) is 20.4. The van der Waals surface area contributed by atoms with Crippen LogP contribution in [-0.2, 0) is 19.4 Å². The Morgan fingerprint density at radius 2 is 1.64 bits per heavy atom. The van der Waals surface area contributed by atoms with Crippen LogP contribution in [0.2, 0.25) is 0 Å². The number of amides is 1. The van der Waals surface area contributed by atoms with Crippen molar-refractivity contribution < 1.29 is 31.1 Å². The molecule has 1 aromatic heterocycles. The van der Waals surface area contributed by atoms with E-state index in [0.717, 1.165) is 66.3 Å². The number of thiazole rings is 1. The van der Waals surface area contributed by atoms with Gasteiger partial charge in [0.25, 0.3) is 0 Å². The molecule has 44 heavy (non-hydrogen) atoms. The third-order valence-electron chi connectivity index (χ3n) is 7.83. The zero-order chi connectivity index (χ0) is 32.0. The summed E-state index contributed by atoms with van der Waals surface area (Å²) >= 11 is 1.70. The van der Waals surface area contributed by atoms with E-state index in [9.17, 15) is 26.4 Å². The Kier molecular flexibility index (Phi) is 14.2. The van der Waals surface area contributed by atoms with E-state index in [2.05, 4.69) is 51.3 Å². The van der Waals surface area contributed by atoms with Crippen LogP contribution in [0.5, 0.6) is 0 Å². The van der Waals surface area contributed by atoms with Crippen LogP contribution in [0, 0.1) is 17.2 Å². The van der Waals surface area contributed by atoms with Gasteiger partial charge in [-0.2, -0.15) is 18.4 Å². The van der Waals surface area contributed by atoms with Gasteiger partial charge in [0.1, 0.15) is 5.54 Å². The molecule has 4 fully saturated rings. The molecule has 0 bridgehead atoms. The molecule has 0 atom stereocenters. The highest BCUT2D eigenvalue weighted by molar-refractivity contribution is 7.91. The number of carbonyl (C=O) groups is 1. The predicted octanol–water partition coefficient (Wildman–Crippen LogP) is 5.44. The molecule has 0 unspecified atom stereocenters. The van der Waals surface area contributed by atoms with Crippen LogP contribution in [0.1, 0.15) is 51.9 Å². The zero-order valence-electron chi connectivity index (χ0n) is 25.1.